The summed E-state index contributed by atoms with van der Waals surface area (Å²) in [5.41, 5.74) is 2.92. The fraction of sp³-hybridized carbons (Fsp3) is 0.429. The lowest BCUT2D eigenvalue weighted by Gasteiger charge is -2.28. The average Bonchev–Trinajstić information content (AvgIpc) is 2.37. The van der Waals surface area contributed by atoms with Crippen molar-refractivity contribution in [2.45, 2.75) is 33.1 Å². The second-order valence-electron chi connectivity index (χ2n) is 4.52. The number of carbonyl (C=O) groups is 2. The second-order valence-corrected chi connectivity index (χ2v) is 4.52. The van der Waals surface area contributed by atoms with Gasteiger partial charge in [-0.05, 0) is 36.6 Å². The zero-order chi connectivity index (χ0) is 13.1. The lowest BCUT2D eigenvalue weighted by Crippen LogP contribution is -2.33. The molecule has 0 aromatic heterocycles. The Balaban J connectivity index is 2.26. The maximum Gasteiger partial charge on any atom is 0.224 e. The van der Waals surface area contributed by atoms with Crippen molar-refractivity contribution in [3.8, 4) is 0 Å². The number of hydrogen-bond acceptors (Lipinski definition) is 2. The van der Waals surface area contributed by atoms with Crippen molar-refractivity contribution in [3.05, 3.63) is 23.8 Å². The third-order valence-electron chi connectivity index (χ3n) is 3.18. The normalized spacial score (nSPS) is 14.0. The minimum absolute atomic E-state index is 0.00850. The third kappa shape index (κ3) is 2.53. The molecule has 0 saturated heterocycles. The molecule has 1 N–H and O–H groups in total. The first kappa shape index (κ1) is 12.6. The van der Waals surface area contributed by atoms with E-state index in [0.717, 1.165) is 36.3 Å². The van der Waals surface area contributed by atoms with Crippen LogP contribution in [0.1, 0.15) is 32.3 Å². The molecule has 0 fully saturated rings. The van der Waals surface area contributed by atoms with E-state index in [9.17, 15) is 9.59 Å². The Kier molecular flexibility index (Phi) is 3.65. The van der Waals surface area contributed by atoms with Crippen molar-refractivity contribution >= 4 is 23.2 Å². The molecule has 0 radical (unpaired) electrons. The van der Waals surface area contributed by atoms with Gasteiger partial charge in [0.2, 0.25) is 11.8 Å². The Hall–Kier alpha value is -1.84. The zero-order valence-electron chi connectivity index (χ0n) is 10.8. The number of benzene rings is 1. The van der Waals surface area contributed by atoms with Crippen molar-refractivity contribution in [2.75, 3.05) is 16.8 Å². The minimum atomic E-state index is 0.00850. The summed E-state index contributed by atoms with van der Waals surface area (Å²) in [5.74, 6) is 0.0791. The lowest BCUT2D eigenvalue weighted by molar-refractivity contribution is -0.117. The van der Waals surface area contributed by atoms with Crippen LogP contribution in [0.3, 0.4) is 0 Å². The maximum atomic E-state index is 11.5. The Morgan fingerprint density at radius 3 is 2.83 bits per heavy atom. The van der Waals surface area contributed by atoms with E-state index in [1.54, 1.807) is 11.8 Å². The van der Waals surface area contributed by atoms with Crippen molar-refractivity contribution in [1.29, 1.82) is 0 Å². The molecule has 1 aliphatic rings. The van der Waals surface area contributed by atoms with Crippen LogP contribution < -0.4 is 10.2 Å². The molecule has 1 heterocycles. The number of anilines is 2. The van der Waals surface area contributed by atoms with Gasteiger partial charge in [0.15, 0.2) is 0 Å². The number of hydrogen-bond donors (Lipinski definition) is 1. The summed E-state index contributed by atoms with van der Waals surface area (Å²) >= 11 is 0. The van der Waals surface area contributed by atoms with Crippen LogP contribution in [0, 0.1) is 0 Å². The Morgan fingerprint density at radius 1 is 1.39 bits per heavy atom. The monoisotopic (exact) mass is 246 g/mol. The number of nitrogens with zero attached hydrogens (tertiary/aromatic N) is 1. The molecule has 4 nitrogen and oxygen atoms in total. The summed E-state index contributed by atoms with van der Waals surface area (Å²) in [6, 6.07) is 5.74. The van der Waals surface area contributed by atoms with Gasteiger partial charge < -0.3 is 10.2 Å². The molecule has 0 aliphatic carbocycles. The lowest BCUT2D eigenvalue weighted by atomic mass is 10.0. The summed E-state index contributed by atoms with van der Waals surface area (Å²) in [5, 5.41) is 2.84. The maximum absolute atomic E-state index is 11.5. The summed E-state index contributed by atoms with van der Waals surface area (Å²) in [4.78, 5) is 24.7. The van der Waals surface area contributed by atoms with Gasteiger partial charge in [0.25, 0.3) is 0 Å². The fourth-order valence-electron chi connectivity index (χ4n) is 2.25. The van der Waals surface area contributed by atoms with Gasteiger partial charge in [-0.15, -0.1) is 0 Å². The molecule has 4 heteroatoms. The van der Waals surface area contributed by atoms with Gasteiger partial charge in [-0.25, -0.2) is 0 Å². The first-order valence-corrected chi connectivity index (χ1v) is 6.32. The summed E-state index contributed by atoms with van der Waals surface area (Å²) < 4.78 is 0. The zero-order valence-corrected chi connectivity index (χ0v) is 10.8. The van der Waals surface area contributed by atoms with E-state index in [4.69, 9.17) is 0 Å². The van der Waals surface area contributed by atoms with E-state index >= 15 is 0 Å². The number of fused-ring (bicyclic) bond motifs is 1. The van der Waals surface area contributed by atoms with Crippen molar-refractivity contribution < 1.29 is 9.59 Å². The van der Waals surface area contributed by atoms with Crippen LogP contribution in [0.15, 0.2) is 18.2 Å². The SMILES string of the molecule is CCC(=O)Nc1ccc2c(c1)CCCN2C(C)=O. The third-order valence-corrected chi connectivity index (χ3v) is 3.18. The number of nitrogens with one attached hydrogen (secondary N) is 1. The first-order valence-electron chi connectivity index (χ1n) is 6.32. The van der Waals surface area contributed by atoms with E-state index in [2.05, 4.69) is 5.32 Å². The molecular weight excluding hydrogens is 228 g/mol. The van der Waals surface area contributed by atoms with E-state index in [1.165, 1.54) is 0 Å². The smallest absolute Gasteiger partial charge is 0.224 e. The topological polar surface area (TPSA) is 49.4 Å². The minimum Gasteiger partial charge on any atom is -0.326 e. The second kappa shape index (κ2) is 5.21. The molecule has 0 saturated carbocycles. The van der Waals surface area contributed by atoms with Gasteiger partial charge >= 0.3 is 0 Å². The molecule has 0 bridgehead atoms. The van der Waals surface area contributed by atoms with Crippen LogP contribution >= 0.6 is 0 Å². The van der Waals surface area contributed by atoms with E-state index in [0.29, 0.717) is 6.42 Å². The molecule has 0 atom stereocenters. The number of carbonyl (C=O) groups excluding carboxylic acids is 2. The van der Waals surface area contributed by atoms with Crippen LogP contribution in [-0.4, -0.2) is 18.4 Å². The number of amides is 2. The van der Waals surface area contributed by atoms with Crippen molar-refractivity contribution in [3.63, 3.8) is 0 Å². The molecule has 1 aliphatic heterocycles. The molecule has 96 valence electrons. The van der Waals surface area contributed by atoms with E-state index < -0.39 is 0 Å². The predicted molar refractivity (Wildman–Crippen MR) is 71.7 cm³/mol. The van der Waals surface area contributed by atoms with Gasteiger partial charge in [-0.3, -0.25) is 9.59 Å². The van der Waals surface area contributed by atoms with Crippen LogP contribution in [0.4, 0.5) is 11.4 Å². The van der Waals surface area contributed by atoms with Crippen LogP contribution in [0.25, 0.3) is 0 Å². The standard InChI is InChI=1S/C14H18N2O2/c1-3-14(18)15-12-6-7-13-11(9-12)5-4-8-16(13)10(2)17/h6-7,9H,3-5,8H2,1-2H3,(H,15,18). The highest BCUT2D eigenvalue weighted by Crippen LogP contribution is 2.29. The Bertz CT molecular complexity index is 483. The predicted octanol–water partition coefficient (Wildman–Crippen LogP) is 2.33. The largest absolute Gasteiger partial charge is 0.326 e. The quantitative estimate of drug-likeness (QED) is 0.870. The van der Waals surface area contributed by atoms with Crippen molar-refractivity contribution in [1.82, 2.24) is 0 Å². The average molecular weight is 246 g/mol. The van der Waals surface area contributed by atoms with Crippen LogP contribution in [-0.2, 0) is 16.0 Å². The molecule has 0 unspecified atom stereocenters. The molecular formula is C14H18N2O2. The van der Waals surface area contributed by atoms with E-state index in [1.807, 2.05) is 25.1 Å². The molecule has 2 rings (SSSR count). The highest BCUT2D eigenvalue weighted by molar-refractivity contribution is 5.94. The van der Waals surface area contributed by atoms with Gasteiger partial charge in [-0.2, -0.15) is 0 Å². The van der Waals surface area contributed by atoms with Gasteiger partial charge in [0, 0.05) is 31.3 Å². The fourth-order valence-corrected chi connectivity index (χ4v) is 2.25. The Morgan fingerprint density at radius 2 is 2.17 bits per heavy atom. The highest BCUT2D eigenvalue weighted by Gasteiger charge is 2.20. The summed E-state index contributed by atoms with van der Waals surface area (Å²) in [7, 11) is 0. The van der Waals surface area contributed by atoms with Gasteiger partial charge in [0.1, 0.15) is 0 Å². The van der Waals surface area contributed by atoms with Crippen LogP contribution in [0.5, 0.6) is 0 Å². The summed E-state index contributed by atoms with van der Waals surface area (Å²) in [6.45, 7) is 4.19. The molecule has 2 amide bonds. The highest BCUT2D eigenvalue weighted by atomic mass is 16.2. The molecule has 0 spiro atoms. The van der Waals surface area contributed by atoms with Crippen LogP contribution in [0.2, 0.25) is 0 Å². The van der Waals surface area contributed by atoms with E-state index in [-0.39, 0.29) is 11.8 Å². The number of aryl methyl sites for hydroxylation is 1. The van der Waals surface area contributed by atoms with Crippen molar-refractivity contribution in [2.24, 2.45) is 0 Å². The number of rotatable bonds is 2. The molecule has 1 aromatic rings. The molecule has 1 aromatic carbocycles. The molecule has 18 heavy (non-hydrogen) atoms. The van der Waals surface area contributed by atoms with Gasteiger partial charge in [-0.1, -0.05) is 6.92 Å². The first-order chi connectivity index (χ1) is 8.61. The summed E-state index contributed by atoms with van der Waals surface area (Å²) in [6.07, 6.45) is 2.39. The Labute approximate surface area is 107 Å². The van der Waals surface area contributed by atoms with Gasteiger partial charge in [0.05, 0.1) is 0 Å².